The average molecular weight is 240 g/mol. The van der Waals surface area contributed by atoms with Gasteiger partial charge in [0.05, 0.1) is 7.11 Å². The second-order valence-electron chi connectivity index (χ2n) is 3.94. The Labute approximate surface area is 99.7 Å². The van der Waals surface area contributed by atoms with Crippen LogP contribution in [-0.2, 0) is 11.2 Å². The van der Waals surface area contributed by atoms with E-state index >= 15 is 0 Å². The lowest BCUT2D eigenvalue weighted by molar-refractivity contribution is -0.122. The maximum atomic E-state index is 11.5. The van der Waals surface area contributed by atoms with Crippen LogP contribution in [0.15, 0.2) is 18.2 Å². The van der Waals surface area contributed by atoms with E-state index in [1.165, 1.54) is 0 Å². The molecule has 0 radical (unpaired) electrons. The van der Waals surface area contributed by atoms with E-state index in [0.29, 0.717) is 11.4 Å². The van der Waals surface area contributed by atoms with Gasteiger partial charge in [-0.2, -0.15) is 0 Å². The van der Waals surface area contributed by atoms with Crippen LogP contribution in [0.5, 0.6) is 5.75 Å². The van der Waals surface area contributed by atoms with Crippen molar-refractivity contribution in [3.8, 4) is 5.75 Å². The summed E-state index contributed by atoms with van der Waals surface area (Å²) in [5.74, 6) is 0.971. The topological polar surface area (TPSA) is 38.3 Å². The van der Waals surface area contributed by atoms with Gasteiger partial charge in [0, 0.05) is 17.5 Å². The normalized spacial score (nSPS) is 19.6. The summed E-state index contributed by atoms with van der Waals surface area (Å²) in [4.78, 5) is 11.5. The van der Waals surface area contributed by atoms with Crippen LogP contribution in [0.2, 0.25) is 5.02 Å². The first-order valence-electron chi connectivity index (χ1n) is 5.31. The molecule has 1 aliphatic heterocycles. The number of hydrogen-bond donors (Lipinski definition) is 1. The van der Waals surface area contributed by atoms with E-state index in [-0.39, 0.29) is 11.8 Å². The highest BCUT2D eigenvalue weighted by Crippen LogP contribution is 2.27. The summed E-state index contributed by atoms with van der Waals surface area (Å²) in [5.41, 5.74) is 0.997. The van der Waals surface area contributed by atoms with E-state index in [1.807, 2.05) is 12.1 Å². The second-order valence-corrected chi connectivity index (χ2v) is 4.37. The van der Waals surface area contributed by atoms with Gasteiger partial charge in [0.15, 0.2) is 0 Å². The number of amides is 1. The van der Waals surface area contributed by atoms with Crippen molar-refractivity contribution in [1.29, 1.82) is 0 Å². The highest BCUT2D eigenvalue weighted by molar-refractivity contribution is 6.30. The summed E-state index contributed by atoms with van der Waals surface area (Å²) in [6, 6.07) is 5.50. The Bertz CT molecular complexity index is 406. The van der Waals surface area contributed by atoms with Gasteiger partial charge >= 0.3 is 0 Å². The monoisotopic (exact) mass is 239 g/mol. The third kappa shape index (κ3) is 2.30. The van der Waals surface area contributed by atoms with Crippen LogP contribution in [0.25, 0.3) is 0 Å². The quantitative estimate of drug-likeness (QED) is 0.877. The summed E-state index contributed by atoms with van der Waals surface area (Å²) in [6.45, 7) is 0.770. The molecule has 0 aliphatic carbocycles. The highest BCUT2D eigenvalue weighted by Gasteiger charge is 2.25. The molecule has 1 amide bonds. The largest absolute Gasteiger partial charge is 0.496 e. The number of ether oxygens (including phenoxy) is 1. The summed E-state index contributed by atoms with van der Waals surface area (Å²) in [7, 11) is 1.63. The van der Waals surface area contributed by atoms with Crippen LogP contribution in [0.1, 0.15) is 12.0 Å². The molecule has 1 aromatic rings. The number of benzene rings is 1. The lowest BCUT2D eigenvalue weighted by Gasteiger charge is -2.11. The van der Waals surface area contributed by atoms with Gasteiger partial charge in [0.1, 0.15) is 5.75 Å². The summed E-state index contributed by atoms with van der Waals surface area (Å²) >= 11 is 5.94. The Balaban J connectivity index is 2.19. The van der Waals surface area contributed by atoms with Gasteiger partial charge in [-0.15, -0.1) is 0 Å². The number of carbonyl (C=O) groups is 1. The number of carbonyl (C=O) groups excluding carboxylic acids is 1. The Kier molecular flexibility index (Phi) is 3.34. The molecule has 0 spiro atoms. The zero-order valence-corrected chi connectivity index (χ0v) is 9.88. The van der Waals surface area contributed by atoms with Crippen molar-refractivity contribution in [3.05, 3.63) is 28.8 Å². The van der Waals surface area contributed by atoms with Crippen LogP contribution in [0.4, 0.5) is 0 Å². The fourth-order valence-corrected chi connectivity index (χ4v) is 2.21. The molecule has 1 atom stereocenters. The predicted molar refractivity (Wildman–Crippen MR) is 62.8 cm³/mol. The average Bonchev–Trinajstić information content (AvgIpc) is 2.65. The molecule has 0 bridgehead atoms. The number of nitrogens with one attached hydrogen (secondary N) is 1. The molecule has 3 nitrogen and oxygen atoms in total. The number of rotatable bonds is 3. The number of methoxy groups -OCH3 is 1. The molecule has 1 fully saturated rings. The first kappa shape index (κ1) is 11.3. The predicted octanol–water partition coefficient (Wildman–Crippen LogP) is 2.03. The van der Waals surface area contributed by atoms with Crippen LogP contribution in [0.3, 0.4) is 0 Å². The molecule has 1 aliphatic rings. The molecule has 16 heavy (non-hydrogen) atoms. The van der Waals surface area contributed by atoms with Crippen LogP contribution in [0, 0.1) is 5.92 Å². The molecule has 0 saturated carbocycles. The van der Waals surface area contributed by atoms with Crippen molar-refractivity contribution >= 4 is 17.5 Å². The number of halogens is 1. The fourth-order valence-electron chi connectivity index (χ4n) is 2.01. The van der Waals surface area contributed by atoms with Crippen molar-refractivity contribution < 1.29 is 9.53 Å². The van der Waals surface area contributed by atoms with Crippen LogP contribution in [-0.4, -0.2) is 19.6 Å². The van der Waals surface area contributed by atoms with E-state index in [1.54, 1.807) is 13.2 Å². The van der Waals surface area contributed by atoms with E-state index in [2.05, 4.69) is 5.32 Å². The van der Waals surface area contributed by atoms with Crippen molar-refractivity contribution in [3.63, 3.8) is 0 Å². The van der Waals surface area contributed by atoms with Crippen molar-refractivity contribution in [1.82, 2.24) is 5.32 Å². The number of hydrogen-bond acceptors (Lipinski definition) is 2. The van der Waals surface area contributed by atoms with Gasteiger partial charge in [-0.05, 0) is 36.6 Å². The fraction of sp³-hybridized carbons (Fsp3) is 0.417. The Morgan fingerprint density at radius 3 is 3.00 bits per heavy atom. The minimum Gasteiger partial charge on any atom is -0.496 e. The van der Waals surface area contributed by atoms with E-state index < -0.39 is 0 Å². The first-order chi connectivity index (χ1) is 7.70. The lowest BCUT2D eigenvalue weighted by Crippen LogP contribution is -2.20. The molecule has 1 saturated heterocycles. The molecule has 1 heterocycles. The Morgan fingerprint density at radius 1 is 1.56 bits per heavy atom. The molecule has 0 aromatic heterocycles. The molecule has 1 unspecified atom stereocenters. The van der Waals surface area contributed by atoms with Crippen molar-refractivity contribution in [2.75, 3.05) is 13.7 Å². The lowest BCUT2D eigenvalue weighted by atomic mass is 9.97. The summed E-state index contributed by atoms with van der Waals surface area (Å²) < 4.78 is 5.26. The molecular weight excluding hydrogens is 226 g/mol. The highest BCUT2D eigenvalue weighted by atomic mass is 35.5. The molecule has 2 rings (SSSR count). The van der Waals surface area contributed by atoms with Crippen LogP contribution >= 0.6 is 11.6 Å². The third-order valence-corrected chi connectivity index (χ3v) is 3.11. The minimum absolute atomic E-state index is 0.0485. The van der Waals surface area contributed by atoms with E-state index in [9.17, 15) is 4.79 Å². The first-order valence-corrected chi connectivity index (χ1v) is 5.68. The van der Waals surface area contributed by atoms with Gasteiger partial charge in [-0.3, -0.25) is 4.79 Å². The second kappa shape index (κ2) is 4.74. The van der Waals surface area contributed by atoms with Gasteiger partial charge in [-0.1, -0.05) is 11.6 Å². The minimum atomic E-state index is 0.0485. The SMILES string of the molecule is COc1ccc(Cl)cc1CC1CCNC1=O. The summed E-state index contributed by atoms with van der Waals surface area (Å²) in [5, 5.41) is 3.50. The van der Waals surface area contributed by atoms with Gasteiger partial charge in [-0.25, -0.2) is 0 Å². The smallest absolute Gasteiger partial charge is 0.223 e. The molecule has 86 valence electrons. The van der Waals surface area contributed by atoms with Gasteiger partial charge < -0.3 is 10.1 Å². The maximum absolute atomic E-state index is 11.5. The van der Waals surface area contributed by atoms with E-state index in [0.717, 1.165) is 24.3 Å². The van der Waals surface area contributed by atoms with Crippen LogP contribution < -0.4 is 10.1 Å². The Morgan fingerprint density at radius 2 is 2.38 bits per heavy atom. The molecule has 1 N–H and O–H groups in total. The maximum Gasteiger partial charge on any atom is 0.223 e. The standard InChI is InChI=1S/C12H14ClNO2/c1-16-11-3-2-10(13)7-9(11)6-8-4-5-14-12(8)15/h2-3,7-8H,4-6H2,1H3,(H,14,15). The van der Waals surface area contributed by atoms with Gasteiger partial charge in [0.25, 0.3) is 0 Å². The zero-order valence-electron chi connectivity index (χ0n) is 9.13. The van der Waals surface area contributed by atoms with E-state index in [4.69, 9.17) is 16.3 Å². The third-order valence-electron chi connectivity index (χ3n) is 2.87. The van der Waals surface area contributed by atoms with Crippen molar-refractivity contribution in [2.24, 2.45) is 5.92 Å². The molecule has 1 aromatic carbocycles. The van der Waals surface area contributed by atoms with Gasteiger partial charge in [0.2, 0.25) is 5.91 Å². The van der Waals surface area contributed by atoms with Crippen molar-refractivity contribution in [2.45, 2.75) is 12.8 Å². The molecule has 4 heteroatoms. The molecular formula is C12H14ClNO2. The summed E-state index contributed by atoms with van der Waals surface area (Å²) in [6.07, 6.45) is 1.57. The Hall–Kier alpha value is -1.22. The zero-order chi connectivity index (χ0) is 11.5.